The quantitative estimate of drug-likeness (QED) is 0.625. The van der Waals surface area contributed by atoms with Crippen LogP contribution >= 0.6 is 0 Å². The maximum absolute atomic E-state index is 12.5. The summed E-state index contributed by atoms with van der Waals surface area (Å²) in [6.45, 7) is 7.32. The highest BCUT2D eigenvalue weighted by Gasteiger charge is 2.29. The van der Waals surface area contributed by atoms with Crippen LogP contribution in [0.25, 0.3) is 0 Å². The number of hydrogen-bond donors (Lipinski definition) is 3. The highest BCUT2D eigenvalue weighted by Crippen LogP contribution is 2.09. The van der Waals surface area contributed by atoms with Gasteiger partial charge in [-0.25, -0.2) is 9.59 Å². The van der Waals surface area contributed by atoms with E-state index in [1.807, 2.05) is 44.2 Å². The Kier molecular flexibility index (Phi) is 8.61. The van der Waals surface area contributed by atoms with Crippen LogP contribution in [-0.2, 0) is 20.9 Å². The molecule has 2 atom stereocenters. The lowest BCUT2D eigenvalue weighted by Gasteiger charge is -2.24. The van der Waals surface area contributed by atoms with Crippen molar-refractivity contribution in [2.75, 3.05) is 0 Å². The third-order valence-corrected chi connectivity index (χ3v) is 3.76. The minimum Gasteiger partial charge on any atom is -0.480 e. The van der Waals surface area contributed by atoms with E-state index in [0.717, 1.165) is 5.56 Å². The zero-order chi connectivity index (χ0) is 19.7. The van der Waals surface area contributed by atoms with Crippen molar-refractivity contribution in [2.24, 2.45) is 11.8 Å². The van der Waals surface area contributed by atoms with Crippen molar-refractivity contribution in [3.05, 3.63) is 35.9 Å². The zero-order valence-corrected chi connectivity index (χ0v) is 15.7. The van der Waals surface area contributed by atoms with Gasteiger partial charge in [-0.15, -0.1) is 0 Å². The molecule has 1 aromatic carbocycles. The van der Waals surface area contributed by atoms with Crippen LogP contribution in [0.1, 0.15) is 39.7 Å². The van der Waals surface area contributed by atoms with Gasteiger partial charge in [0, 0.05) is 0 Å². The molecule has 2 amide bonds. The van der Waals surface area contributed by atoms with Crippen molar-refractivity contribution in [3.63, 3.8) is 0 Å². The molecule has 1 rings (SSSR count). The maximum atomic E-state index is 12.5. The fourth-order valence-corrected chi connectivity index (χ4v) is 2.38. The highest BCUT2D eigenvalue weighted by molar-refractivity contribution is 5.89. The molecule has 144 valence electrons. The van der Waals surface area contributed by atoms with Crippen LogP contribution in [0, 0.1) is 11.8 Å². The smallest absolute Gasteiger partial charge is 0.408 e. The van der Waals surface area contributed by atoms with E-state index in [4.69, 9.17) is 4.74 Å². The van der Waals surface area contributed by atoms with Gasteiger partial charge in [0.05, 0.1) is 0 Å². The lowest BCUT2D eigenvalue weighted by molar-refractivity contribution is -0.143. The van der Waals surface area contributed by atoms with Crippen molar-refractivity contribution in [1.29, 1.82) is 0 Å². The van der Waals surface area contributed by atoms with Crippen molar-refractivity contribution in [2.45, 2.75) is 52.8 Å². The van der Waals surface area contributed by atoms with E-state index in [1.165, 1.54) is 0 Å². The third-order valence-electron chi connectivity index (χ3n) is 3.76. The lowest BCUT2D eigenvalue weighted by atomic mass is 10.0. The first kappa shape index (κ1) is 21.5. The van der Waals surface area contributed by atoms with Gasteiger partial charge >= 0.3 is 12.1 Å². The van der Waals surface area contributed by atoms with Gasteiger partial charge in [0.25, 0.3) is 0 Å². The first-order valence-electron chi connectivity index (χ1n) is 8.71. The summed E-state index contributed by atoms with van der Waals surface area (Å²) in [5.41, 5.74) is 0.832. The number of carboxylic acid groups (broad SMARTS) is 1. The molecule has 1 aromatic rings. The largest absolute Gasteiger partial charge is 0.480 e. The van der Waals surface area contributed by atoms with Crippen molar-refractivity contribution < 1.29 is 24.2 Å². The number of amides is 2. The Labute approximate surface area is 154 Å². The number of benzene rings is 1. The Balaban J connectivity index is 2.68. The van der Waals surface area contributed by atoms with Crippen LogP contribution in [0.2, 0.25) is 0 Å². The second kappa shape index (κ2) is 10.4. The first-order valence-corrected chi connectivity index (χ1v) is 8.71. The maximum Gasteiger partial charge on any atom is 0.408 e. The molecule has 0 radical (unpaired) electrons. The van der Waals surface area contributed by atoms with Gasteiger partial charge in [0.2, 0.25) is 5.91 Å². The monoisotopic (exact) mass is 364 g/mol. The second-order valence-electron chi connectivity index (χ2n) is 6.96. The summed E-state index contributed by atoms with van der Waals surface area (Å²) < 4.78 is 5.14. The molecule has 0 heterocycles. The number of carbonyl (C=O) groups is 3. The van der Waals surface area contributed by atoms with Crippen LogP contribution in [0.4, 0.5) is 4.79 Å². The molecule has 0 fully saturated rings. The van der Waals surface area contributed by atoms with E-state index in [0.29, 0.717) is 6.42 Å². The third kappa shape index (κ3) is 7.55. The minimum atomic E-state index is -1.11. The van der Waals surface area contributed by atoms with E-state index in [2.05, 4.69) is 10.6 Å². The Bertz CT molecular complexity index is 601. The molecule has 0 saturated carbocycles. The molecule has 0 saturated heterocycles. The van der Waals surface area contributed by atoms with E-state index in [1.54, 1.807) is 13.8 Å². The molecule has 0 unspecified atom stereocenters. The summed E-state index contributed by atoms with van der Waals surface area (Å²) in [5.74, 6) is -1.79. The Morgan fingerprint density at radius 2 is 1.65 bits per heavy atom. The van der Waals surface area contributed by atoms with Gasteiger partial charge < -0.3 is 20.5 Å². The summed E-state index contributed by atoms with van der Waals surface area (Å²) in [7, 11) is 0. The fraction of sp³-hybridized carbons (Fsp3) is 0.526. The number of nitrogens with one attached hydrogen (secondary N) is 2. The lowest BCUT2D eigenvalue weighted by Crippen LogP contribution is -2.53. The van der Waals surface area contributed by atoms with Crippen molar-refractivity contribution in [1.82, 2.24) is 10.6 Å². The molecule has 0 aliphatic heterocycles. The number of alkyl carbamates (subject to hydrolysis) is 1. The average Bonchev–Trinajstić information content (AvgIpc) is 2.57. The molecular weight excluding hydrogens is 336 g/mol. The number of aliphatic carboxylic acids is 1. The van der Waals surface area contributed by atoms with E-state index < -0.39 is 30.1 Å². The number of rotatable bonds is 9. The van der Waals surface area contributed by atoms with Gasteiger partial charge in [-0.3, -0.25) is 4.79 Å². The van der Waals surface area contributed by atoms with Gasteiger partial charge in [-0.05, 0) is 23.8 Å². The predicted octanol–water partition coefficient (Wildman–Crippen LogP) is 2.55. The number of carbonyl (C=O) groups excluding carboxylic acids is 2. The molecular formula is C19H28N2O5. The van der Waals surface area contributed by atoms with Gasteiger partial charge in [0.1, 0.15) is 18.7 Å². The summed E-state index contributed by atoms with van der Waals surface area (Å²) in [4.78, 5) is 35.8. The summed E-state index contributed by atoms with van der Waals surface area (Å²) in [6, 6.07) is 7.31. The highest BCUT2D eigenvalue weighted by atomic mass is 16.5. The molecule has 0 spiro atoms. The molecule has 3 N–H and O–H groups in total. The summed E-state index contributed by atoms with van der Waals surface area (Å²) in [6.07, 6.45) is -0.345. The first-order chi connectivity index (χ1) is 12.2. The van der Waals surface area contributed by atoms with Crippen LogP contribution in [0.15, 0.2) is 30.3 Å². The Hall–Kier alpha value is -2.57. The summed E-state index contributed by atoms with van der Waals surface area (Å²) >= 11 is 0. The van der Waals surface area contributed by atoms with Crippen LogP contribution in [-0.4, -0.2) is 35.2 Å². The van der Waals surface area contributed by atoms with Crippen molar-refractivity contribution in [3.8, 4) is 0 Å². The molecule has 0 aromatic heterocycles. The Morgan fingerprint density at radius 1 is 1.04 bits per heavy atom. The Morgan fingerprint density at radius 3 is 2.15 bits per heavy atom. The number of carboxylic acids is 1. The molecule has 0 aliphatic rings. The second-order valence-corrected chi connectivity index (χ2v) is 6.96. The van der Waals surface area contributed by atoms with Crippen LogP contribution in [0.5, 0.6) is 0 Å². The van der Waals surface area contributed by atoms with E-state index in [-0.39, 0.29) is 18.4 Å². The number of ether oxygens (including phenoxy) is 1. The molecule has 7 nitrogen and oxygen atoms in total. The van der Waals surface area contributed by atoms with Crippen LogP contribution in [0.3, 0.4) is 0 Å². The molecule has 26 heavy (non-hydrogen) atoms. The van der Waals surface area contributed by atoms with Crippen LogP contribution < -0.4 is 10.6 Å². The zero-order valence-electron chi connectivity index (χ0n) is 15.7. The topological polar surface area (TPSA) is 105 Å². The summed E-state index contributed by atoms with van der Waals surface area (Å²) in [5, 5.41) is 14.2. The average molecular weight is 364 g/mol. The fourth-order valence-electron chi connectivity index (χ4n) is 2.38. The SMILES string of the molecule is CC(C)C[C@H](NC(=O)OCc1ccccc1)C(=O)N[C@@H](C(=O)O)C(C)C. The van der Waals surface area contributed by atoms with Gasteiger partial charge in [-0.1, -0.05) is 58.0 Å². The minimum absolute atomic E-state index is 0.0897. The predicted molar refractivity (Wildman–Crippen MR) is 97.4 cm³/mol. The van der Waals surface area contributed by atoms with E-state index in [9.17, 15) is 19.5 Å². The van der Waals surface area contributed by atoms with Gasteiger partial charge in [0.15, 0.2) is 0 Å². The molecule has 7 heteroatoms. The molecule has 0 aliphatic carbocycles. The van der Waals surface area contributed by atoms with Crippen molar-refractivity contribution >= 4 is 18.0 Å². The standard InChI is InChI=1S/C19H28N2O5/c1-12(2)10-15(17(22)21-16(13(3)4)18(23)24)20-19(25)26-11-14-8-6-5-7-9-14/h5-9,12-13,15-16H,10-11H2,1-4H3,(H,20,25)(H,21,22)(H,23,24)/t15-,16+/m0/s1. The van der Waals surface area contributed by atoms with E-state index >= 15 is 0 Å². The number of hydrogen-bond acceptors (Lipinski definition) is 4. The molecule has 0 bridgehead atoms. The van der Waals surface area contributed by atoms with Gasteiger partial charge in [-0.2, -0.15) is 0 Å². The normalized spacial score (nSPS) is 13.2.